The van der Waals surface area contributed by atoms with Gasteiger partial charge in [0.2, 0.25) is 5.43 Å². The molecule has 7 heteroatoms. The van der Waals surface area contributed by atoms with Gasteiger partial charge in [-0.3, -0.25) is 9.59 Å². The van der Waals surface area contributed by atoms with Crippen molar-refractivity contribution < 1.29 is 18.7 Å². The Bertz CT molecular complexity index is 788. The number of methoxy groups -OCH3 is 1. The number of aromatic amines is 1. The Labute approximate surface area is 138 Å². The van der Waals surface area contributed by atoms with Crippen molar-refractivity contribution in [3.63, 3.8) is 0 Å². The molecule has 1 heterocycles. The van der Waals surface area contributed by atoms with Gasteiger partial charge in [0.25, 0.3) is 5.91 Å². The van der Waals surface area contributed by atoms with Crippen LogP contribution in [0.15, 0.2) is 35.3 Å². The molecule has 0 aliphatic rings. The van der Waals surface area contributed by atoms with Gasteiger partial charge in [-0.2, -0.15) is 0 Å². The normalized spacial score (nSPS) is 11.7. The molecule has 0 saturated heterocycles. The van der Waals surface area contributed by atoms with Crippen molar-refractivity contribution >= 4 is 5.91 Å². The zero-order valence-corrected chi connectivity index (χ0v) is 13.7. The molecule has 0 spiro atoms. The molecule has 2 rings (SSSR count). The number of aromatic nitrogens is 1. The first-order chi connectivity index (χ1) is 11.5. The number of hydrogen-bond acceptors (Lipinski definition) is 4. The molecule has 0 aliphatic heterocycles. The van der Waals surface area contributed by atoms with Crippen LogP contribution in [0.1, 0.15) is 35.9 Å². The molecule has 6 nitrogen and oxygen atoms in total. The average molecular weight is 334 g/mol. The highest BCUT2D eigenvalue weighted by Crippen LogP contribution is 2.22. The van der Waals surface area contributed by atoms with Crippen LogP contribution in [0.25, 0.3) is 0 Å². The van der Waals surface area contributed by atoms with Gasteiger partial charge in [0.05, 0.1) is 19.8 Å². The number of halogens is 1. The Morgan fingerprint density at radius 3 is 2.67 bits per heavy atom. The summed E-state index contributed by atoms with van der Waals surface area (Å²) >= 11 is 0. The Morgan fingerprint density at radius 2 is 2.08 bits per heavy atom. The van der Waals surface area contributed by atoms with Crippen LogP contribution in [-0.2, 0) is 0 Å². The number of benzene rings is 1. The van der Waals surface area contributed by atoms with Gasteiger partial charge in [-0.1, -0.05) is 6.07 Å². The second-order valence-electron chi connectivity index (χ2n) is 5.10. The second kappa shape index (κ2) is 7.63. The smallest absolute Gasteiger partial charge is 0.268 e. The number of carbonyl (C=O) groups is 1. The minimum atomic E-state index is -0.492. The number of hydrogen-bond donors (Lipinski definition) is 2. The summed E-state index contributed by atoms with van der Waals surface area (Å²) in [6.07, 6.45) is 1.32. The predicted molar refractivity (Wildman–Crippen MR) is 87.1 cm³/mol. The average Bonchev–Trinajstić information content (AvgIpc) is 2.56. The lowest BCUT2D eigenvalue weighted by atomic mass is 10.1. The Hall–Kier alpha value is -2.83. The molecular formula is C17H19FN2O4. The van der Waals surface area contributed by atoms with E-state index in [9.17, 15) is 14.0 Å². The summed E-state index contributed by atoms with van der Waals surface area (Å²) in [7, 11) is 1.37. The van der Waals surface area contributed by atoms with Crippen molar-refractivity contribution in [2.24, 2.45) is 0 Å². The summed E-state index contributed by atoms with van der Waals surface area (Å²) in [5, 5.41) is 2.70. The number of amides is 1. The molecule has 0 radical (unpaired) electrons. The first-order valence-electron chi connectivity index (χ1n) is 7.46. The maximum absolute atomic E-state index is 13.9. The first kappa shape index (κ1) is 17.5. The molecule has 0 unspecified atom stereocenters. The minimum Gasteiger partial charge on any atom is -0.491 e. The van der Waals surface area contributed by atoms with E-state index in [-0.39, 0.29) is 17.2 Å². The third-order valence-corrected chi connectivity index (χ3v) is 3.44. The molecule has 128 valence electrons. The molecule has 1 atom stereocenters. The van der Waals surface area contributed by atoms with Gasteiger partial charge in [0, 0.05) is 12.3 Å². The molecule has 1 aromatic carbocycles. The van der Waals surface area contributed by atoms with Crippen LogP contribution in [0.5, 0.6) is 11.5 Å². The highest BCUT2D eigenvalue weighted by Gasteiger charge is 2.15. The van der Waals surface area contributed by atoms with E-state index < -0.39 is 23.2 Å². The third kappa shape index (κ3) is 3.92. The molecule has 0 fully saturated rings. The fourth-order valence-electron chi connectivity index (χ4n) is 2.17. The number of ether oxygens (including phenoxy) is 2. The van der Waals surface area contributed by atoms with Gasteiger partial charge in [0.15, 0.2) is 17.3 Å². The summed E-state index contributed by atoms with van der Waals surface area (Å²) in [5.74, 6) is -0.683. The second-order valence-corrected chi connectivity index (χ2v) is 5.10. The van der Waals surface area contributed by atoms with E-state index >= 15 is 0 Å². The highest BCUT2D eigenvalue weighted by atomic mass is 19.1. The SMILES string of the molecule is CCOc1ccc([C@H](C)NC(=O)c2cc(=O)c(OC)c[nH]2)cc1F. The van der Waals surface area contributed by atoms with E-state index in [0.29, 0.717) is 12.2 Å². The topological polar surface area (TPSA) is 80.4 Å². The number of nitrogens with one attached hydrogen (secondary N) is 2. The van der Waals surface area contributed by atoms with Crippen molar-refractivity contribution in [1.29, 1.82) is 0 Å². The van der Waals surface area contributed by atoms with Crippen molar-refractivity contribution in [1.82, 2.24) is 10.3 Å². The quantitative estimate of drug-likeness (QED) is 0.850. The van der Waals surface area contributed by atoms with Crippen LogP contribution in [0.2, 0.25) is 0 Å². The molecule has 1 amide bonds. The third-order valence-electron chi connectivity index (χ3n) is 3.44. The highest BCUT2D eigenvalue weighted by molar-refractivity contribution is 5.92. The number of pyridine rings is 1. The molecule has 2 aromatic rings. The van der Waals surface area contributed by atoms with Crippen LogP contribution >= 0.6 is 0 Å². The summed E-state index contributed by atoms with van der Waals surface area (Å²) in [6, 6.07) is 5.21. The maximum atomic E-state index is 13.9. The molecule has 2 N–H and O–H groups in total. The number of rotatable bonds is 6. The summed E-state index contributed by atoms with van der Waals surface area (Å²) in [5.41, 5.74) is 0.278. The molecule has 0 bridgehead atoms. The lowest BCUT2D eigenvalue weighted by Gasteiger charge is -2.15. The lowest BCUT2D eigenvalue weighted by Crippen LogP contribution is -2.28. The van der Waals surface area contributed by atoms with E-state index in [1.165, 1.54) is 25.4 Å². The van der Waals surface area contributed by atoms with Crippen LogP contribution in [0.3, 0.4) is 0 Å². The van der Waals surface area contributed by atoms with Gasteiger partial charge in [0.1, 0.15) is 5.69 Å². The van der Waals surface area contributed by atoms with Crippen molar-refractivity contribution in [3.8, 4) is 11.5 Å². The zero-order valence-electron chi connectivity index (χ0n) is 13.7. The van der Waals surface area contributed by atoms with Crippen molar-refractivity contribution in [2.45, 2.75) is 19.9 Å². The number of carbonyl (C=O) groups excluding carboxylic acids is 1. The molecule has 0 aliphatic carbocycles. The van der Waals surface area contributed by atoms with Crippen LogP contribution in [-0.4, -0.2) is 24.6 Å². The van der Waals surface area contributed by atoms with Gasteiger partial charge in [-0.05, 0) is 31.5 Å². The molecule has 0 saturated carbocycles. The Morgan fingerprint density at radius 1 is 1.33 bits per heavy atom. The first-order valence-corrected chi connectivity index (χ1v) is 7.46. The van der Waals surface area contributed by atoms with Crippen LogP contribution < -0.4 is 20.2 Å². The minimum absolute atomic E-state index is 0.0964. The molecule has 24 heavy (non-hydrogen) atoms. The van der Waals surface area contributed by atoms with E-state index in [1.807, 2.05) is 0 Å². The Kier molecular flexibility index (Phi) is 5.57. The predicted octanol–water partition coefficient (Wildman–Crippen LogP) is 2.41. The monoisotopic (exact) mass is 334 g/mol. The van der Waals surface area contributed by atoms with Gasteiger partial charge >= 0.3 is 0 Å². The molecule has 1 aromatic heterocycles. The van der Waals surface area contributed by atoms with E-state index in [0.717, 1.165) is 6.07 Å². The summed E-state index contributed by atoms with van der Waals surface area (Å²) in [6.45, 7) is 3.86. The van der Waals surface area contributed by atoms with E-state index in [2.05, 4.69) is 10.3 Å². The zero-order chi connectivity index (χ0) is 17.7. The van der Waals surface area contributed by atoms with Crippen LogP contribution in [0, 0.1) is 5.82 Å². The number of H-pyrrole nitrogens is 1. The van der Waals surface area contributed by atoms with Crippen molar-refractivity contribution in [2.75, 3.05) is 13.7 Å². The molecular weight excluding hydrogens is 315 g/mol. The lowest BCUT2D eigenvalue weighted by molar-refractivity contribution is 0.0934. The Balaban J connectivity index is 2.12. The van der Waals surface area contributed by atoms with Gasteiger partial charge < -0.3 is 19.8 Å². The van der Waals surface area contributed by atoms with E-state index in [4.69, 9.17) is 9.47 Å². The van der Waals surface area contributed by atoms with Gasteiger partial charge in [-0.15, -0.1) is 0 Å². The van der Waals surface area contributed by atoms with E-state index in [1.54, 1.807) is 19.9 Å². The summed E-state index contributed by atoms with van der Waals surface area (Å²) < 4.78 is 23.9. The summed E-state index contributed by atoms with van der Waals surface area (Å²) in [4.78, 5) is 26.6. The van der Waals surface area contributed by atoms with Crippen LogP contribution in [0.4, 0.5) is 4.39 Å². The maximum Gasteiger partial charge on any atom is 0.268 e. The van der Waals surface area contributed by atoms with Crippen molar-refractivity contribution in [3.05, 3.63) is 57.8 Å². The van der Waals surface area contributed by atoms with Gasteiger partial charge in [-0.25, -0.2) is 4.39 Å². The fourth-order valence-corrected chi connectivity index (χ4v) is 2.17. The largest absolute Gasteiger partial charge is 0.491 e. The fraction of sp³-hybridized carbons (Fsp3) is 0.294. The standard InChI is InChI=1S/C17H19FN2O4/c1-4-24-15-6-5-11(7-12(15)18)10(2)20-17(22)13-8-14(21)16(23-3)9-19-13/h5-10H,4H2,1-3H3,(H,19,21)(H,20,22)/t10-/m0/s1.